The molecule has 26 heavy (non-hydrogen) atoms. The van der Waals surface area contributed by atoms with Crippen LogP contribution in [0.25, 0.3) is 0 Å². The van der Waals surface area contributed by atoms with E-state index in [-0.39, 0.29) is 17.7 Å². The Kier molecular flexibility index (Phi) is 5.85. The largest absolute Gasteiger partial charge is 0.493 e. The molecule has 138 valence electrons. The van der Waals surface area contributed by atoms with Gasteiger partial charge in [0.1, 0.15) is 5.69 Å². The second-order valence-corrected chi connectivity index (χ2v) is 5.81. The first-order chi connectivity index (χ1) is 12.7. The quantitative estimate of drug-likeness (QED) is 0.784. The fourth-order valence-electron chi connectivity index (χ4n) is 2.69. The van der Waals surface area contributed by atoms with Crippen molar-refractivity contribution >= 4 is 17.5 Å². The summed E-state index contributed by atoms with van der Waals surface area (Å²) in [6, 6.07) is 6.71. The molecule has 1 atom stereocenters. The van der Waals surface area contributed by atoms with Crippen LogP contribution in [-0.4, -0.2) is 49.4 Å². The second kappa shape index (κ2) is 8.48. The lowest BCUT2D eigenvalue weighted by atomic mass is 10.2. The highest BCUT2D eigenvalue weighted by molar-refractivity contribution is 6.03. The number of hydrogen-bond donors (Lipinski definition) is 2. The Labute approximate surface area is 151 Å². The third-order valence-corrected chi connectivity index (χ3v) is 4.04. The first-order valence-electron chi connectivity index (χ1n) is 8.41. The summed E-state index contributed by atoms with van der Waals surface area (Å²) < 4.78 is 16.0. The summed E-state index contributed by atoms with van der Waals surface area (Å²) in [6.07, 6.45) is 3.81. The summed E-state index contributed by atoms with van der Waals surface area (Å²) in [5.74, 6) is 1.19. The molecule has 2 aromatic rings. The predicted octanol–water partition coefficient (Wildman–Crippen LogP) is 2.34. The number of amides is 1. The Balaban J connectivity index is 1.64. The zero-order valence-corrected chi connectivity index (χ0v) is 14.8. The molecule has 8 nitrogen and oxygen atoms in total. The number of methoxy groups -OCH3 is 2. The zero-order valence-electron chi connectivity index (χ0n) is 14.8. The molecule has 0 radical (unpaired) electrons. The van der Waals surface area contributed by atoms with E-state index < -0.39 is 0 Å². The standard InChI is InChI=1S/C18H22N4O4/c1-24-15-6-5-12(10-16(15)25-2)21-17(23)14-7-8-19-18(22-14)20-11-13-4-3-9-26-13/h5-8,10,13H,3-4,9,11H2,1-2H3,(H,21,23)(H,19,20,22). The monoisotopic (exact) mass is 358 g/mol. The molecule has 3 rings (SSSR count). The average Bonchev–Trinajstić information content (AvgIpc) is 3.20. The summed E-state index contributed by atoms with van der Waals surface area (Å²) in [5, 5.41) is 5.91. The van der Waals surface area contributed by atoms with E-state index in [0.717, 1.165) is 19.4 Å². The molecule has 0 bridgehead atoms. The lowest BCUT2D eigenvalue weighted by molar-refractivity contribution is 0.102. The van der Waals surface area contributed by atoms with Crippen molar-refractivity contribution in [1.82, 2.24) is 9.97 Å². The smallest absolute Gasteiger partial charge is 0.274 e. The van der Waals surface area contributed by atoms with Crippen LogP contribution in [0.15, 0.2) is 30.5 Å². The van der Waals surface area contributed by atoms with E-state index in [4.69, 9.17) is 14.2 Å². The van der Waals surface area contributed by atoms with E-state index in [0.29, 0.717) is 29.7 Å². The van der Waals surface area contributed by atoms with Crippen molar-refractivity contribution in [3.8, 4) is 11.5 Å². The Morgan fingerprint density at radius 1 is 1.27 bits per heavy atom. The highest BCUT2D eigenvalue weighted by atomic mass is 16.5. The second-order valence-electron chi connectivity index (χ2n) is 5.81. The van der Waals surface area contributed by atoms with Gasteiger partial charge in [0.05, 0.1) is 20.3 Å². The van der Waals surface area contributed by atoms with Gasteiger partial charge in [-0.2, -0.15) is 0 Å². The van der Waals surface area contributed by atoms with Crippen LogP contribution in [0, 0.1) is 0 Å². The third kappa shape index (κ3) is 4.40. The van der Waals surface area contributed by atoms with Crippen LogP contribution in [0.3, 0.4) is 0 Å². The molecule has 0 aliphatic carbocycles. The number of carbonyl (C=O) groups excluding carboxylic acids is 1. The van der Waals surface area contributed by atoms with E-state index >= 15 is 0 Å². The van der Waals surface area contributed by atoms with E-state index in [1.165, 1.54) is 0 Å². The van der Waals surface area contributed by atoms with Gasteiger partial charge in [-0.25, -0.2) is 9.97 Å². The fourth-order valence-corrected chi connectivity index (χ4v) is 2.69. The lowest BCUT2D eigenvalue weighted by Gasteiger charge is -2.12. The van der Waals surface area contributed by atoms with Crippen molar-refractivity contribution < 1.29 is 19.0 Å². The van der Waals surface area contributed by atoms with Gasteiger partial charge in [-0.05, 0) is 31.0 Å². The van der Waals surface area contributed by atoms with Crippen molar-refractivity contribution in [2.45, 2.75) is 18.9 Å². The number of aromatic nitrogens is 2. The predicted molar refractivity (Wildman–Crippen MR) is 97.0 cm³/mol. The van der Waals surface area contributed by atoms with E-state index in [1.807, 2.05) is 0 Å². The summed E-state index contributed by atoms with van der Waals surface area (Å²) >= 11 is 0. The minimum absolute atomic E-state index is 0.169. The molecule has 2 heterocycles. The minimum Gasteiger partial charge on any atom is -0.493 e. The van der Waals surface area contributed by atoms with Gasteiger partial charge < -0.3 is 24.8 Å². The van der Waals surface area contributed by atoms with E-state index in [2.05, 4.69) is 20.6 Å². The van der Waals surface area contributed by atoms with Gasteiger partial charge in [0, 0.05) is 31.1 Å². The molecular formula is C18H22N4O4. The van der Waals surface area contributed by atoms with Crippen LogP contribution in [0.2, 0.25) is 0 Å². The van der Waals surface area contributed by atoms with Crippen LogP contribution in [0.1, 0.15) is 23.3 Å². The molecule has 2 N–H and O–H groups in total. The van der Waals surface area contributed by atoms with Gasteiger partial charge in [0.25, 0.3) is 5.91 Å². The summed E-state index contributed by atoms with van der Waals surface area (Å²) in [7, 11) is 3.10. The fraction of sp³-hybridized carbons (Fsp3) is 0.389. The van der Waals surface area contributed by atoms with Crippen molar-refractivity contribution in [1.29, 1.82) is 0 Å². The Bertz CT molecular complexity index is 763. The minimum atomic E-state index is -0.334. The molecule has 0 spiro atoms. The molecule has 1 unspecified atom stereocenters. The van der Waals surface area contributed by atoms with Crippen LogP contribution >= 0.6 is 0 Å². The third-order valence-electron chi connectivity index (χ3n) is 4.04. The van der Waals surface area contributed by atoms with Gasteiger partial charge in [0.15, 0.2) is 11.5 Å². The molecule has 1 amide bonds. The van der Waals surface area contributed by atoms with Crippen molar-refractivity contribution in [3.63, 3.8) is 0 Å². The molecule has 1 aliphatic heterocycles. The van der Waals surface area contributed by atoms with Crippen molar-refractivity contribution in [2.24, 2.45) is 0 Å². The summed E-state index contributed by atoms with van der Waals surface area (Å²) in [4.78, 5) is 20.9. The number of rotatable bonds is 7. The zero-order chi connectivity index (χ0) is 18.4. The van der Waals surface area contributed by atoms with Crippen LogP contribution < -0.4 is 20.1 Å². The van der Waals surface area contributed by atoms with Gasteiger partial charge in [0.2, 0.25) is 5.95 Å². The number of nitrogens with one attached hydrogen (secondary N) is 2. The first-order valence-corrected chi connectivity index (χ1v) is 8.41. The van der Waals surface area contributed by atoms with Gasteiger partial charge in [-0.3, -0.25) is 4.79 Å². The molecule has 8 heteroatoms. The number of carbonyl (C=O) groups is 1. The Morgan fingerprint density at radius 2 is 2.12 bits per heavy atom. The summed E-state index contributed by atoms with van der Waals surface area (Å²) in [5.41, 5.74) is 0.852. The van der Waals surface area contributed by atoms with Crippen LogP contribution in [-0.2, 0) is 4.74 Å². The van der Waals surface area contributed by atoms with Crippen molar-refractivity contribution in [2.75, 3.05) is 38.0 Å². The number of hydrogen-bond acceptors (Lipinski definition) is 7. The number of benzene rings is 1. The molecule has 1 aromatic carbocycles. The molecule has 1 aromatic heterocycles. The maximum Gasteiger partial charge on any atom is 0.274 e. The van der Waals surface area contributed by atoms with E-state index in [1.54, 1.807) is 44.7 Å². The maximum atomic E-state index is 12.5. The maximum absolute atomic E-state index is 12.5. The van der Waals surface area contributed by atoms with Crippen molar-refractivity contribution in [3.05, 3.63) is 36.2 Å². The summed E-state index contributed by atoms with van der Waals surface area (Å²) in [6.45, 7) is 1.42. The highest BCUT2D eigenvalue weighted by Gasteiger charge is 2.16. The molecule has 0 saturated carbocycles. The average molecular weight is 358 g/mol. The van der Waals surface area contributed by atoms with Gasteiger partial charge in [-0.15, -0.1) is 0 Å². The van der Waals surface area contributed by atoms with Crippen LogP contribution in [0.5, 0.6) is 11.5 Å². The number of nitrogens with zero attached hydrogens (tertiary/aromatic N) is 2. The van der Waals surface area contributed by atoms with Gasteiger partial charge >= 0.3 is 0 Å². The Hall–Kier alpha value is -2.87. The lowest BCUT2D eigenvalue weighted by Crippen LogP contribution is -2.21. The highest BCUT2D eigenvalue weighted by Crippen LogP contribution is 2.29. The SMILES string of the molecule is COc1ccc(NC(=O)c2ccnc(NCC3CCCO3)n2)cc1OC. The topological polar surface area (TPSA) is 94.6 Å². The molecule has 1 fully saturated rings. The first kappa shape index (κ1) is 17.9. The van der Waals surface area contributed by atoms with Crippen LogP contribution in [0.4, 0.5) is 11.6 Å². The molecular weight excluding hydrogens is 336 g/mol. The normalized spacial score (nSPS) is 16.2. The molecule has 1 aliphatic rings. The number of ether oxygens (including phenoxy) is 3. The van der Waals surface area contributed by atoms with Gasteiger partial charge in [-0.1, -0.05) is 0 Å². The molecule has 1 saturated heterocycles. The Morgan fingerprint density at radius 3 is 2.85 bits per heavy atom. The number of anilines is 2. The van der Waals surface area contributed by atoms with E-state index in [9.17, 15) is 4.79 Å².